The number of halogens is 2. The van der Waals surface area contributed by atoms with Crippen LogP contribution in [0.4, 0.5) is 0 Å². The normalized spacial score (nSPS) is 16.8. The largest absolute Gasteiger partial charge is 1.00 e. The van der Waals surface area contributed by atoms with Crippen LogP contribution in [0, 0.1) is 13.8 Å². The molecule has 4 aliphatic rings. The van der Waals surface area contributed by atoms with E-state index in [2.05, 4.69) is 157 Å². The fraction of sp³-hybridized carbons (Fsp3) is 0.233. The number of benzene rings is 4. The van der Waals surface area contributed by atoms with Crippen LogP contribution < -0.4 is 24.8 Å². The van der Waals surface area contributed by atoms with Crippen LogP contribution in [0.3, 0.4) is 0 Å². The van der Waals surface area contributed by atoms with Gasteiger partial charge in [-0.1, -0.05) is 0 Å². The Morgan fingerprint density at radius 1 is 0.652 bits per heavy atom. The Morgan fingerprint density at radius 3 is 1.52 bits per heavy atom. The molecule has 0 radical (unpaired) electrons. The summed E-state index contributed by atoms with van der Waals surface area (Å²) in [7, 11) is 0. The van der Waals surface area contributed by atoms with E-state index >= 15 is 0 Å². The van der Waals surface area contributed by atoms with Crippen molar-refractivity contribution in [1.29, 1.82) is 0 Å². The van der Waals surface area contributed by atoms with E-state index in [4.69, 9.17) is 0 Å². The van der Waals surface area contributed by atoms with E-state index in [0.717, 1.165) is 6.42 Å². The zero-order chi connectivity index (χ0) is 30.4. The van der Waals surface area contributed by atoms with E-state index in [0.29, 0.717) is 3.63 Å². The molecule has 0 N–H and O–H groups in total. The van der Waals surface area contributed by atoms with Crippen molar-refractivity contribution >= 4 is 15.4 Å². The summed E-state index contributed by atoms with van der Waals surface area (Å²) in [5.41, 5.74) is 17.4. The second-order valence-corrected chi connectivity index (χ2v) is 20.7. The Morgan fingerprint density at radius 2 is 1.11 bits per heavy atom. The third-order valence-electron chi connectivity index (χ3n) is 10.5. The van der Waals surface area contributed by atoms with Crippen molar-refractivity contribution in [2.24, 2.45) is 0 Å². The van der Waals surface area contributed by atoms with Crippen molar-refractivity contribution in [2.75, 3.05) is 0 Å². The van der Waals surface area contributed by atoms with Crippen LogP contribution in [0.1, 0.15) is 93.4 Å². The Balaban J connectivity index is 0.00000186. The second kappa shape index (κ2) is 12.0. The minimum Gasteiger partial charge on any atom is -1.00 e. The summed E-state index contributed by atoms with van der Waals surface area (Å²) in [5, 5.41) is 0. The van der Waals surface area contributed by atoms with Crippen LogP contribution in [0.5, 0.6) is 0 Å². The minimum atomic E-state index is -2.74. The van der Waals surface area contributed by atoms with Crippen molar-refractivity contribution in [1.82, 2.24) is 0 Å². The van der Waals surface area contributed by atoms with Crippen LogP contribution in [-0.2, 0) is 32.1 Å². The van der Waals surface area contributed by atoms with Crippen LogP contribution in [0.2, 0.25) is 0 Å². The molecule has 4 aromatic rings. The predicted molar refractivity (Wildman–Crippen MR) is 185 cm³/mol. The summed E-state index contributed by atoms with van der Waals surface area (Å²) in [5.74, 6) is 0. The molecule has 0 aliphatic heterocycles. The molecule has 4 aromatic carbocycles. The first-order valence-corrected chi connectivity index (χ1v) is 20.0. The monoisotopic (exact) mass is 716 g/mol. The molecule has 8 rings (SSSR count). The molecule has 0 spiro atoms. The maximum atomic E-state index is 2.63. The first-order valence-electron chi connectivity index (χ1n) is 16.1. The van der Waals surface area contributed by atoms with Crippen molar-refractivity contribution in [3.63, 3.8) is 0 Å². The zero-order valence-electron chi connectivity index (χ0n) is 27.5. The fourth-order valence-corrected chi connectivity index (χ4v) is 16.9. The van der Waals surface area contributed by atoms with E-state index in [1.807, 2.05) is 0 Å². The molecular formula is C43H40Cl2Zr. The topological polar surface area (TPSA) is 0 Å². The van der Waals surface area contributed by atoms with Gasteiger partial charge < -0.3 is 24.8 Å². The quantitative estimate of drug-likeness (QED) is 0.287. The van der Waals surface area contributed by atoms with Gasteiger partial charge in [0.25, 0.3) is 0 Å². The summed E-state index contributed by atoms with van der Waals surface area (Å²) in [6, 6.07) is 29.2. The van der Waals surface area contributed by atoms with Gasteiger partial charge in [-0.15, -0.1) is 0 Å². The van der Waals surface area contributed by atoms with Gasteiger partial charge in [-0.2, -0.15) is 0 Å². The summed E-state index contributed by atoms with van der Waals surface area (Å²) in [6.45, 7) is 13.9. The number of rotatable bonds is 4. The van der Waals surface area contributed by atoms with E-state index < -0.39 is 21.3 Å². The van der Waals surface area contributed by atoms with Gasteiger partial charge in [-0.25, -0.2) is 0 Å². The number of fused-ring (bicyclic) bond motifs is 5. The molecule has 0 fully saturated rings. The zero-order valence-corrected chi connectivity index (χ0v) is 31.5. The summed E-state index contributed by atoms with van der Waals surface area (Å²) >= 11 is -2.74. The summed E-state index contributed by atoms with van der Waals surface area (Å²) < 4.78 is 3.74. The molecule has 0 saturated heterocycles. The average molecular weight is 719 g/mol. The first kappa shape index (κ1) is 33.1. The Labute approximate surface area is 295 Å². The van der Waals surface area contributed by atoms with Gasteiger partial charge in [0.2, 0.25) is 0 Å². The van der Waals surface area contributed by atoms with Crippen molar-refractivity contribution < 1.29 is 46.1 Å². The predicted octanol–water partition coefficient (Wildman–Crippen LogP) is 4.72. The van der Waals surface area contributed by atoms with Gasteiger partial charge in [0.15, 0.2) is 0 Å². The third-order valence-corrected chi connectivity index (χ3v) is 18.8. The molecule has 0 atom stereocenters. The maximum absolute atomic E-state index is 2.74. The SMILES string of the molecule is Cc1ccc([C](c2ccc(C)cc2)=[Zr+2]([C]2=CC=CC2)[CH]2c3cc4c(cc3-c3cc5c(cc32)C(C)(C)C=C5)C=CC4(C)C)cc1.[Cl-].[Cl-]. The molecule has 4 aliphatic carbocycles. The van der Waals surface area contributed by atoms with Gasteiger partial charge >= 0.3 is 272 Å². The van der Waals surface area contributed by atoms with Crippen molar-refractivity contribution in [3.05, 3.63) is 162 Å². The molecule has 46 heavy (non-hydrogen) atoms. The van der Waals surface area contributed by atoms with E-state index in [1.165, 1.54) is 55.6 Å². The average Bonchev–Trinajstić information content (AvgIpc) is 3.77. The van der Waals surface area contributed by atoms with E-state index in [-0.39, 0.29) is 35.6 Å². The van der Waals surface area contributed by atoms with Crippen LogP contribution in [0.15, 0.2) is 106 Å². The van der Waals surface area contributed by atoms with Gasteiger partial charge in [0, 0.05) is 0 Å². The van der Waals surface area contributed by atoms with Crippen molar-refractivity contribution in [3.8, 4) is 11.1 Å². The van der Waals surface area contributed by atoms with E-state index in [1.54, 1.807) is 17.6 Å². The Bertz CT molecular complexity index is 1900. The van der Waals surface area contributed by atoms with Gasteiger partial charge in [-0.3, -0.25) is 0 Å². The number of hydrogen-bond donors (Lipinski definition) is 0. The minimum absolute atomic E-state index is 0. The van der Waals surface area contributed by atoms with Crippen LogP contribution in [0.25, 0.3) is 23.3 Å². The molecule has 0 bridgehead atoms. The summed E-state index contributed by atoms with van der Waals surface area (Å²) in [4.78, 5) is 0. The van der Waals surface area contributed by atoms with Crippen molar-refractivity contribution in [2.45, 2.75) is 62.4 Å². The number of aryl methyl sites for hydroxylation is 2. The number of hydrogen-bond acceptors (Lipinski definition) is 0. The Hall–Kier alpha value is -2.83. The fourth-order valence-electron chi connectivity index (χ4n) is 7.91. The van der Waals surface area contributed by atoms with E-state index in [9.17, 15) is 0 Å². The van der Waals surface area contributed by atoms with Crippen LogP contribution >= 0.6 is 0 Å². The van der Waals surface area contributed by atoms with Crippen LogP contribution in [-0.4, -0.2) is 3.21 Å². The molecule has 230 valence electrons. The summed E-state index contributed by atoms with van der Waals surface area (Å²) in [6.07, 6.45) is 17.8. The standard InChI is InChI=1S/C23H21.C15H14.C5H5.2ClH.Zr/c1-22(2)7-5-14-10-18-16(12-20(14)22)9-17-13-21-15(11-19(17)18)6-8-23(21,3)4;1-12-3-7-14(8-4-12)11-15-9-5-13(2)6-10-15;1-2-4-5-3-1;;;/h5-13H,1-4H3;3-10H,1-2H3;1-3H,4H2;2*1H;/q;;;;;+2/p-2. The van der Waals surface area contributed by atoms with Gasteiger partial charge in [0.1, 0.15) is 0 Å². The third kappa shape index (κ3) is 5.28. The maximum Gasteiger partial charge on any atom is -1.00 e. The Kier molecular flexibility index (Phi) is 8.63. The number of allylic oxidation sites excluding steroid dienone is 6. The molecule has 0 nitrogen and oxygen atoms in total. The molecule has 0 amide bonds. The van der Waals surface area contributed by atoms with Gasteiger partial charge in [0.05, 0.1) is 0 Å². The first-order chi connectivity index (χ1) is 21.1. The molecule has 3 heteroatoms. The molecule has 0 unspecified atom stereocenters. The second-order valence-electron chi connectivity index (χ2n) is 14.4. The molecule has 0 saturated carbocycles. The molecule has 0 heterocycles. The van der Waals surface area contributed by atoms with Gasteiger partial charge in [-0.05, 0) is 0 Å². The molecule has 0 aromatic heterocycles. The smallest absolute Gasteiger partial charge is 1.00 e. The molecular weight excluding hydrogens is 679 g/mol.